The van der Waals surface area contributed by atoms with Crippen LogP contribution in [-0.2, 0) is 21.0 Å². The highest BCUT2D eigenvalue weighted by Crippen LogP contribution is 2.31. The molecule has 0 spiro atoms. The lowest BCUT2D eigenvalue weighted by Crippen LogP contribution is -2.58. The third-order valence-corrected chi connectivity index (χ3v) is 7.40. The van der Waals surface area contributed by atoms with Crippen molar-refractivity contribution in [3.8, 4) is 0 Å². The zero-order valence-electron chi connectivity index (χ0n) is 17.8. The molecule has 0 unspecified atom stereocenters. The van der Waals surface area contributed by atoms with E-state index in [1.54, 1.807) is 19.1 Å². The molecule has 6 nitrogen and oxygen atoms in total. The highest BCUT2D eigenvalue weighted by atomic mass is 32.2. The van der Waals surface area contributed by atoms with Crippen LogP contribution in [0, 0.1) is 5.82 Å². The molecular formula is C22H25F4N3O3S. The van der Waals surface area contributed by atoms with Gasteiger partial charge in [-0.2, -0.15) is 13.2 Å². The number of carbonyl (C=O) groups is 1. The quantitative estimate of drug-likeness (QED) is 0.542. The Hall–Kier alpha value is -2.50. The van der Waals surface area contributed by atoms with Gasteiger partial charge in [-0.05, 0) is 74.6 Å². The molecule has 0 aromatic heterocycles. The predicted molar refractivity (Wildman–Crippen MR) is 114 cm³/mol. The van der Waals surface area contributed by atoms with E-state index in [9.17, 15) is 30.8 Å². The average molecular weight is 488 g/mol. The minimum atomic E-state index is -4.56. The zero-order chi connectivity index (χ0) is 24.4. The van der Waals surface area contributed by atoms with Crippen LogP contribution in [0.5, 0.6) is 0 Å². The monoisotopic (exact) mass is 487 g/mol. The van der Waals surface area contributed by atoms with Crippen LogP contribution in [-0.4, -0.2) is 25.9 Å². The Labute approximate surface area is 189 Å². The van der Waals surface area contributed by atoms with Gasteiger partial charge >= 0.3 is 6.18 Å². The Balaban J connectivity index is 1.58. The largest absolute Gasteiger partial charge is 0.416 e. The van der Waals surface area contributed by atoms with Gasteiger partial charge in [0.2, 0.25) is 15.9 Å². The van der Waals surface area contributed by atoms with Gasteiger partial charge in [-0.25, -0.2) is 17.5 Å². The van der Waals surface area contributed by atoms with Crippen LogP contribution in [0.2, 0.25) is 0 Å². The summed E-state index contributed by atoms with van der Waals surface area (Å²) in [4.78, 5) is 12.5. The molecule has 33 heavy (non-hydrogen) atoms. The smallest absolute Gasteiger partial charge is 0.348 e. The highest BCUT2D eigenvalue weighted by molar-refractivity contribution is 7.89. The molecular weight excluding hydrogens is 462 g/mol. The number of rotatable bonds is 6. The van der Waals surface area contributed by atoms with E-state index in [-0.39, 0.29) is 42.3 Å². The summed E-state index contributed by atoms with van der Waals surface area (Å²) >= 11 is 0. The summed E-state index contributed by atoms with van der Waals surface area (Å²) in [6, 6.07) is 8.07. The van der Waals surface area contributed by atoms with Crippen LogP contribution in [0.15, 0.2) is 53.4 Å². The molecule has 3 rings (SSSR count). The minimum Gasteiger partial charge on any atom is -0.348 e. The van der Waals surface area contributed by atoms with Gasteiger partial charge in [0.25, 0.3) is 0 Å². The number of amides is 1. The molecule has 0 bridgehead atoms. The van der Waals surface area contributed by atoms with E-state index in [1.807, 2.05) is 0 Å². The molecule has 0 heterocycles. The van der Waals surface area contributed by atoms with Crippen molar-refractivity contribution >= 4 is 15.9 Å². The third-order valence-electron chi connectivity index (χ3n) is 5.86. The van der Waals surface area contributed by atoms with E-state index in [1.165, 1.54) is 12.1 Å². The van der Waals surface area contributed by atoms with E-state index < -0.39 is 39.4 Å². The molecule has 0 aliphatic heterocycles. The SMILES string of the molecule is C[C@@H](NC(=O)[C@]1(N)CC[C@@H](NS(=O)(=O)c2ccc(C(F)(F)F)cc2)CC1)c1ccc(F)cc1. The molecule has 4 N–H and O–H groups in total. The van der Waals surface area contributed by atoms with Crippen LogP contribution in [0.3, 0.4) is 0 Å². The molecule has 1 fully saturated rings. The van der Waals surface area contributed by atoms with Gasteiger partial charge in [0, 0.05) is 6.04 Å². The number of hydrogen-bond acceptors (Lipinski definition) is 4. The third kappa shape index (κ3) is 6.10. The van der Waals surface area contributed by atoms with E-state index in [2.05, 4.69) is 10.0 Å². The van der Waals surface area contributed by atoms with E-state index >= 15 is 0 Å². The van der Waals surface area contributed by atoms with Gasteiger partial charge in [0.05, 0.1) is 22.0 Å². The molecule has 180 valence electrons. The molecule has 1 atom stereocenters. The second kappa shape index (κ2) is 9.40. The lowest BCUT2D eigenvalue weighted by molar-refractivity contribution is -0.137. The van der Waals surface area contributed by atoms with Crippen molar-refractivity contribution in [1.29, 1.82) is 0 Å². The van der Waals surface area contributed by atoms with E-state index in [0.29, 0.717) is 17.7 Å². The number of alkyl halides is 3. The van der Waals surface area contributed by atoms with Crippen LogP contribution in [0.1, 0.15) is 49.8 Å². The fourth-order valence-corrected chi connectivity index (χ4v) is 5.07. The lowest BCUT2D eigenvalue weighted by atomic mass is 9.79. The van der Waals surface area contributed by atoms with Crippen molar-refractivity contribution in [3.63, 3.8) is 0 Å². The first-order valence-corrected chi connectivity index (χ1v) is 11.8. The number of halogens is 4. The Morgan fingerprint density at radius 2 is 1.61 bits per heavy atom. The molecule has 0 saturated heterocycles. The number of benzene rings is 2. The summed E-state index contributed by atoms with van der Waals surface area (Å²) in [6.45, 7) is 1.75. The van der Waals surface area contributed by atoms with Gasteiger partial charge < -0.3 is 11.1 Å². The van der Waals surface area contributed by atoms with Crippen LogP contribution in [0.25, 0.3) is 0 Å². The summed E-state index contributed by atoms with van der Waals surface area (Å²) in [5.41, 5.74) is 4.88. The second-order valence-corrected chi connectivity index (χ2v) is 10.0. The minimum absolute atomic E-state index is 0.217. The van der Waals surface area contributed by atoms with Crippen molar-refractivity contribution in [2.75, 3.05) is 0 Å². The van der Waals surface area contributed by atoms with Gasteiger partial charge in [-0.15, -0.1) is 0 Å². The molecule has 2 aromatic carbocycles. The maximum Gasteiger partial charge on any atom is 0.416 e. The molecule has 2 aromatic rings. The second-order valence-electron chi connectivity index (χ2n) is 8.32. The summed E-state index contributed by atoms with van der Waals surface area (Å²) in [6.07, 6.45) is -3.55. The van der Waals surface area contributed by atoms with Crippen LogP contribution >= 0.6 is 0 Å². The normalized spacial score (nSPS) is 22.5. The summed E-state index contributed by atoms with van der Waals surface area (Å²) in [7, 11) is -4.03. The molecule has 1 aliphatic carbocycles. The molecule has 1 amide bonds. The molecule has 1 aliphatic rings. The van der Waals surface area contributed by atoms with Crippen LogP contribution in [0.4, 0.5) is 17.6 Å². The molecule has 1 saturated carbocycles. The van der Waals surface area contributed by atoms with E-state index in [4.69, 9.17) is 5.73 Å². The topological polar surface area (TPSA) is 101 Å². The van der Waals surface area contributed by atoms with Crippen molar-refractivity contribution in [3.05, 3.63) is 65.5 Å². The highest BCUT2D eigenvalue weighted by Gasteiger charge is 2.40. The fourth-order valence-electron chi connectivity index (χ4n) is 3.76. The summed E-state index contributed by atoms with van der Waals surface area (Å²) in [5.74, 6) is -0.770. The Morgan fingerprint density at radius 1 is 1.06 bits per heavy atom. The van der Waals surface area contributed by atoms with Crippen molar-refractivity contribution < 1.29 is 30.8 Å². The molecule has 0 radical (unpaired) electrons. The van der Waals surface area contributed by atoms with Gasteiger partial charge in [-0.3, -0.25) is 4.79 Å². The fraction of sp³-hybridized carbons (Fsp3) is 0.409. The summed E-state index contributed by atoms with van der Waals surface area (Å²) < 4.78 is 78.8. The first-order chi connectivity index (χ1) is 15.3. The maximum atomic E-state index is 13.1. The summed E-state index contributed by atoms with van der Waals surface area (Å²) in [5, 5.41) is 2.82. The Bertz CT molecular complexity index is 1080. The first kappa shape index (κ1) is 25.1. The first-order valence-electron chi connectivity index (χ1n) is 10.4. The van der Waals surface area contributed by atoms with Gasteiger partial charge in [0.1, 0.15) is 5.82 Å². The van der Waals surface area contributed by atoms with Gasteiger partial charge in [-0.1, -0.05) is 12.1 Å². The number of nitrogens with two attached hydrogens (primary N) is 1. The standard InChI is InChI=1S/C22H25F4N3O3S/c1-14(15-2-6-17(23)7-3-15)28-20(30)21(27)12-10-18(11-13-21)29-33(31,32)19-8-4-16(5-9-19)22(24,25)26/h2-9,14,18,29H,10-13,27H2,1H3,(H,28,30)/t14-,18-,21+/m1/s1. The van der Waals surface area contributed by atoms with Gasteiger partial charge in [0.15, 0.2) is 0 Å². The van der Waals surface area contributed by atoms with Crippen molar-refractivity contribution in [2.24, 2.45) is 5.73 Å². The van der Waals surface area contributed by atoms with Crippen molar-refractivity contribution in [2.45, 2.75) is 61.3 Å². The average Bonchev–Trinajstić information content (AvgIpc) is 2.75. The number of nitrogens with one attached hydrogen (secondary N) is 2. The predicted octanol–water partition coefficient (Wildman–Crippen LogP) is 3.64. The van der Waals surface area contributed by atoms with E-state index in [0.717, 1.165) is 12.1 Å². The Morgan fingerprint density at radius 3 is 2.12 bits per heavy atom. The van der Waals surface area contributed by atoms with Crippen molar-refractivity contribution in [1.82, 2.24) is 10.0 Å². The number of carbonyl (C=O) groups excluding carboxylic acids is 1. The zero-order valence-corrected chi connectivity index (χ0v) is 18.6. The molecule has 11 heteroatoms. The maximum absolute atomic E-state index is 13.1. The lowest BCUT2D eigenvalue weighted by Gasteiger charge is -2.36. The Kier molecular flexibility index (Phi) is 7.15. The number of sulfonamides is 1. The van der Waals surface area contributed by atoms with Crippen LogP contribution < -0.4 is 15.8 Å². The number of hydrogen-bond donors (Lipinski definition) is 3.